The SMILES string of the molecule is CN(Cc1nccn1CC(F)(F)F)C(=O)N[C@@H]1CCN2CCCC[C@H]12. The third kappa shape index (κ3) is 4.45. The van der Waals surface area contributed by atoms with Gasteiger partial charge in [-0.25, -0.2) is 9.78 Å². The fraction of sp³-hybridized carbons (Fsp3) is 0.750. The van der Waals surface area contributed by atoms with Gasteiger partial charge in [-0.1, -0.05) is 6.42 Å². The first-order valence-electron chi connectivity index (χ1n) is 8.66. The van der Waals surface area contributed by atoms with Crippen molar-refractivity contribution in [2.45, 2.75) is 57.0 Å². The van der Waals surface area contributed by atoms with E-state index < -0.39 is 12.7 Å². The number of nitrogens with one attached hydrogen (secondary N) is 1. The van der Waals surface area contributed by atoms with E-state index in [2.05, 4.69) is 15.2 Å². The van der Waals surface area contributed by atoms with Crippen molar-refractivity contribution in [3.8, 4) is 0 Å². The molecule has 140 valence electrons. The van der Waals surface area contributed by atoms with Gasteiger partial charge in [0.05, 0.1) is 6.54 Å². The van der Waals surface area contributed by atoms with E-state index in [4.69, 9.17) is 0 Å². The maximum Gasteiger partial charge on any atom is 0.406 e. The summed E-state index contributed by atoms with van der Waals surface area (Å²) in [7, 11) is 1.58. The highest BCUT2D eigenvalue weighted by molar-refractivity contribution is 5.74. The van der Waals surface area contributed by atoms with Gasteiger partial charge in [-0.2, -0.15) is 13.2 Å². The molecule has 3 heterocycles. The van der Waals surface area contributed by atoms with Gasteiger partial charge in [0.15, 0.2) is 0 Å². The molecule has 25 heavy (non-hydrogen) atoms. The molecule has 0 aromatic carbocycles. The number of halogens is 3. The van der Waals surface area contributed by atoms with Gasteiger partial charge >= 0.3 is 12.2 Å². The summed E-state index contributed by atoms with van der Waals surface area (Å²) in [4.78, 5) is 20.2. The lowest BCUT2D eigenvalue weighted by Crippen LogP contribution is -2.50. The number of urea groups is 1. The van der Waals surface area contributed by atoms with Gasteiger partial charge in [-0.15, -0.1) is 0 Å². The number of piperidine rings is 1. The first kappa shape index (κ1) is 18.0. The van der Waals surface area contributed by atoms with Crippen molar-refractivity contribution < 1.29 is 18.0 Å². The van der Waals surface area contributed by atoms with E-state index in [9.17, 15) is 18.0 Å². The Balaban J connectivity index is 1.56. The molecule has 0 unspecified atom stereocenters. The van der Waals surface area contributed by atoms with E-state index in [0.717, 1.165) is 30.5 Å². The first-order chi connectivity index (χ1) is 11.8. The molecular weight excluding hydrogens is 335 g/mol. The zero-order chi connectivity index (χ0) is 18.0. The average molecular weight is 359 g/mol. The largest absolute Gasteiger partial charge is 0.406 e. The van der Waals surface area contributed by atoms with E-state index in [1.807, 2.05) is 0 Å². The highest BCUT2D eigenvalue weighted by Gasteiger charge is 2.36. The van der Waals surface area contributed by atoms with Crippen molar-refractivity contribution in [1.82, 2.24) is 24.7 Å². The number of carbonyl (C=O) groups excluding carboxylic acids is 1. The van der Waals surface area contributed by atoms with Gasteiger partial charge < -0.3 is 14.8 Å². The van der Waals surface area contributed by atoms with Crippen LogP contribution in [0.2, 0.25) is 0 Å². The summed E-state index contributed by atoms with van der Waals surface area (Å²) in [6, 6.07) is 0.238. The van der Waals surface area contributed by atoms with Crippen LogP contribution in [-0.4, -0.2) is 63.8 Å². The standard InChI is InChI=1S/C16H24F3N5O/c1-22(10-14-20-6-9-24(14)11-16(17,18)19)15(25)21-12-5-8-23-7-3-2-4-13(12)23/h6,9,12-13H,2-5,7-8,10-11H2,1H3,(H,21,25)/t12-,13-/m1/s1. The molecule has 0 radical (unpaired) electrons. The molecule has 2 amide bonds. The van der Waals surface area contributed by atoms with Gasteiger partial charge in [0.1, 0.15) is 12.4 Å². The van der Waals surface area contributed by atoms with Crippen LogP contribution in [0, 0.1) is 0 Å². The molecule has 2 atom stereocenters. The molecule has 0 spiro atoms. The number of imidazole rings is 1. The number of nitrogens with zero attached hydrogens (tertiary/aromatic N) is 4. The summed E-state index contributed by atoms with van der Waals surface area (Å²) in [5, 5.41) is 3.04. The van der Waals surface area contributed by atoms with Gasteiger partial charge in [-0.05, 0) is 25.8 Å². The minimum Gasteiger partial charge on any atom is -0.334 e. The summed E-state index contributed by atoms with van der Waals surface area (Å²) >= 11 is 0. The third-order valence-electron chi connectivity index (χ3n) is 5.04. The van der Waals surface area contributed by atoms with Gasteiger partial charge in [-0.3, -0.25) is 4.90 Å². The van der Waals surface area contributed by atoms with Gasteiger partial charge in [0.25, 0.3) is 0 Å². The normalized spacial score (nSPS) is 24.2. The summed E-state index contributed by atoms with van der Waals surface area (Å²) < 4.78 is 38.8. The Hall–Kier alpha value is -1.77. The van der Waals surface area contributed by atoms with Crippen molar-refractivity contribution in [3.05, 3.63) is 18.2 Å². The highest BCUT2D eigenvalue weighted by Crippen LogP contribution is 2.27. The molecule has 0 bridgehead atoms. The number of hydrogen-bond donors (Lipinski definition) is 1. The van der Waals surface area contributed by atoms with E-state index in [-0.39, 0.29) is 24.4 Å². The molecule has 6 nitrogen and oxygen atoms in total. The molecule has 0 saturated carbocycles. The summed E-state index contributed by atoms with van der Waals surface area (Å²) in [5.41, 5.74) is 0. The lowest BCUT2D eigenvalue weighted by molar-refractivity contribution is -0.141. The lowest BCUT2D eigenvalue weighted by Gasteiger charge is -2.33. The van der Waals surface area contributed by atoms with Crippen LogP contribution in [0.25, 0.3) is 0 Å². The molecule has 2 saturated heterocycles. The summed E-state index contributed by atoms with van der Waals surface area (Å²) in [6.45, 7) is 1.02. The van der Waals surface area contributed by atoms with Crippen LogP contribution in [0.4, 0.5) is 18.0 Å². The topological polar surface area (TPSA) is 53.4 Å². The van der Waals surface area contributed by atoms with Crippen molar-refractivity contribution in [2.75, 3.05) is 20.1 Å². The van der Waals surface area contributed by atoms with Crippen LogP contribution in [0.15, 0.2) is 12.4 Å². The van der Waals surface area contributed by atoms with Crippen LogP contribution < -0.4 is 5.32 Å². The number of hydrogen-bond acceptors (Lipinski definition) is 3. The third-order valence-corrected chi connectivity index (χ3v) is 5.04. The Bertz CT molecular complexity index is 603. The molecule has 1 aromatic heterocycles. The number of rotatable bonds is 4. The fourth-order valence-electron chi connectivity index (χ4n) is 3.80. The zero-order valence-corrected chi connectivity index (χ0v) is 14.3. The molecule has 1 aromatic rings. The monoisotopic (exact) mass is 359 g/mol. The minimum atomic E-state index is -4.31. The Morgan fingerprint density at radius 2 is 2.16 bits per heavy atom. The highest BCUT2D eigenvalue weighted by atomic mass is 19.4. The van der Waals surface area contributed by atoms with E-state index in [1.165, 1.54) is 30.1 Å². The van der Waals surface area contributed by atoms with Crippen LogP contribution in [0.3, 0.4) is 0 Å². The van der Waals surface area contributed by atoms with Crippen LogP contribution >= 0.6 is 0 Å². The number of fused-ring (bicyclic) bond motifs is 1. The van der Waals surface area contributed by atoms with Crippen molar-refractivity contribution in [1.29, 1.82) is 0 Å². The Morgan fingerprint density at radius 3 is 2.92 bits per heavy atom. The van der Waals surface area contributed by atoms with Crippen molar-refractivity contribution in [3.63, 3.8) is 0 Å². The predicted octanol–water partition coefficient (Wildman–Crippen LogP) is 2.21. The number of alkyl halides is 3. The van der Waals surface area contributed by atoms with Crippen molar-refractivity contribution >= 4 is 6.03 Å². The van der Waals surface area contributed by atoms with Crippen LogP contribution in [0.5, 0.6) is 0 Å². The van der Waals surface area contributed by atoms with Crippen molar-refractivity contribution in [2.24, 2.45) is 0 Å². The molecule has 3 rings (SSSR count). The average Bonchev–Trinajstić information content (AvgIpc) is 3.13. The fourth-order valence-corrected chi connectivity index (χ4v) is 3.80. The Morgan fingerprint density at radius 1 is 1.36 bits per heavy atom. The maximum absolute atomic E-state index is 12.6. The van der Waals surface area contributed by atoms with E-state index in [1.54, 1.807) is 7.05 Å². The smallest absolute Gasteiger partial charge is 0.334 e. The van der Waals surface area contributed by atoms with Crippen LogP contribution in [-0.2, 0) is 13.1 Å². The maximum atomic E-state index is 12.6. The molecule has 9 heteroatoms. The molecule has 2 aliphatic heterocycles. The zero-order valence-electron chi connectivity index (χ0n) is 14.3. The molecule has 2 fully saturated rings. The minimum absolute atomic E-state index is 0.0377. The molecule has 1 N–H and O–H groups in total. The summed E-state index contributed by atoms with van der Waals surface area (Å²) in [5.74, 6) is 0.223. The number of aromatic nitrogens is 2. The quantitative estimate of drug-likeness (QED) is 0.897. The number of carbonyl (C=O) groups is 1. The second-order valence-electron chi connectivity index (χ2n) is 6.89. The molecule has 0 aliphatic carbocycles. The second kappa shape index (κ2) is 7.23. The van der Waals surface area contributed by atoms with E-state index >= 15 is 0 Å². The van der Waals surface area contributed by atoms with Gasteiger partial charge in [0.2, 0.25) is 0 Å². The second-order valence-corrected chi connectivity index (χ2v) is 6.89. The molecule has 2 aliphatic rings. The predicted molar refractivity (Wildman–Crippen MR) is 85.9 cm³/mol. The lowest BCUT2D eigenvalue weighted by atomic mass is 9.99. The van der Waals surface area contributed by atoms with E-state index in [0.29, 0.717) is 6.04 Å². The Labute approximate surface area is 145 Å². The van der Waals surface area contributed by atoms with Crippen LogP contribution in [0.1, 0.15) is 31.5 Å². The Kier molecular flexibility index (Phi) is 5.21. The first-order valence-corrected chi connectivity index (χ1v) is 8.66. The number of amides is 2. The molecular formula is C16H24F3N5O. The van der Waals surface area contributed by atoms with Gasteiger partial charge in [0, 0.05) is 38.1 Å². The summed E-state index contributed by atoms with van der Waals surface area (Å²) in [6.07, 6.45) is 2.69.